The Labute approximate surface area is 113 Å². The van der Waals surface area contributed by atoms with E-state index in [0.717, 1.165) is 32.4 Å². The van der Waals surface area contributed by atoms with E-state index in [1.54, 1.807) is 12.1 Å². The third-order valence-corrected chi connectivity index (χ3v) is 5.43. The van der Waals surface area contributed by atoms with E-state index in [1.807, 2.05) is 0 Å². The highest BCUT2D eigenvalue weighted by atomic mass is 32.2. The van der Waals surface area contributed by atoms with Crippen molar-refractivity contribution < 1.29 is 8.42 Å². The first-order valence-electron chi connectivity index (χ1n) is 6.55. The first-order chi connectivity index (χ1) is 9.08. The monoisotopic (exact) mass is 282 g/mol. The summed E-state index contributed by atoms with van der Waals surface area (Å²) in [6, 6.07) is 3.49. The summed E-state index contributed by atoms with van der Waals surface area (Å²) in [6.07, 6.45) is 4.51. The van der Waals surface area contributed by atoms with Gasteiger partial charge in [-0.15, -0.1) is 0 Å². The molecule has 2 aliphatic heterocycles. The molecule has 0 amide bonds. The highest BCUT2D eigenvalue weighted by molar-refractivity contribution is 7.89. The van der Waals surface area contributed by atoms with E-state index < -0.39 is 10.0 Å². The Balaban J connectivity index is 1.81. The van der Waals surface area contributed by atoms with E-state index in [2.05, 4.69) is 14.6 Å². The van der Waals surface area contributed by atoms with E-state index >= 15 is 0 Å². The molecule has 3 N–H and O–H groups in total. The summed E-state index contributed by atoms with van der Waals surface area (Å²) in [5.74, 6) is 0. The minimum absolute atomic E-state index is 0.0195. The molecule has 0 aromatic carbocycles. The van der Waals surface area contributed by atoms with Crippen LogP contribution in [0.5, 0.6) is 0 Å². The number of hydrogen-bond donors (Lipinski definition) is 2. The summed E-state index contributed by atoms with van der Waals surface area (Å²) >= 11 is 0. The molecule has 0 aliphatic carbocycles. The largest absolute Gasteiger partial charge is 0.396 e. The molecule has 1 aromatic heterocycles. The lowest BCUT2D eigenvalue weighted by Crippen LogP contribution is -2.42. The van der Waals surface area contributed by atoms with Crippen LogP contribution in [0.2, 0.25) is 0 Å². The maximum atomic E-state index is 12.3. The maximum Gasteiger partial charge on any atom is 0.260 e. The Kier molecular flexibility index (Phi) is 3.20. The number of hydrogen-bond acceptors (Lipinski definition) is 5. The number of nitrogens with one attached hydrogen (secondary N) is 1. The van der Waals surface area contributed by atoms with Crippen molar-refractivity contribution in [3.63, 3.8) is 0 Å². The molecule has 7 heteroatoms. The minimum Gasteiger partial charge on any atom is -0.396 e. The van der Waals surface area contributed by atoms with Crippen molar-refractivity contribution in [3.05, 3.63) is 18.3 Å². The molecule has 3 rings (SSSR count). The van der Waals surface area contributed by atoms with Gasteiger partial charge in [0.05, 0.1) is 5.69 Å². The van der Waals surface area contributed by atoms with Gasteiger partial charge in [0.25, 0.3) is 10.0 Å². The summed E-state index contributed by atoms with van der Waals surface area (Å²) in [5, 5.41) is -0.0635. The van der Waals surface area contributed by atoms with Crippen molar-refractivity contribution in [3.8, 4) is 0 Å². The van der Waals surface area contributed by atoms with Gasteiger partial charge in [0, 0.05) is 24.8 Å². The molecule has 0 radical (unpaired) electrons. The number of nitrogens with zero attached hydrogens (tertiary/aromatic N) is 2. The van der Waals surface area contributed by atoms with Gasteiger partial charge in [-0.1, -0.05) is 0 Å². The standard InChI is InChI=1S/C12H18N4O2S/c13-9-3-1-6-14-12(9)19(17,18)15-10-5-8-16-7-2-4-11(10)16/h1,3,6,10-11,15H,2,4-5,7-8,13H2. The highest BCUT2D eigenvalue weighted by Gasteiger charge is 2.39. The van der Waals surface area contributed by atoms with Crippen LogP contribution in [0.15, 0.2) is 23.4 Å². The summed E-state index contributed by atoms with van der Waals surface area (Å²) in [4.78, 5) is 6.24. The van der Waals surface area contributed by atoms with Crippen LogP contribution < -0.4 is 10.5 Å². The van der Waals surface area contributed by atoms with Crippen molar-refractivity contribution in [2.45, 2.75) is 36.4 Å². The molecule has 0 spiro atoms. The van der Waals surface area contributed by atoms with Gasteiger partial charge in [0.15, 0.2) is 5.03 Å². The van der Waals surface area contributed by atoms with Crippen LogP contribution >= 0.6 is 0 Å². The second-order valence-electron chi connectivity index (χ2n) is 5.16. The second-order valence-corrected chi connectivity index (χ2v) is 6.79. The van der Waals surface area contributed by atoms with Gasteiger partial charge in [0.1, 0.15) is 0 Å². The van der Waals surface area contributed by atoms with Gasteiger partial charge in [-0.05, 0) is 37.9 Å². The normalized spacial score (nSPS) is 27.6. The van der Waals surface area contributed by atoms with Crippen LogP contribution in [-0.2, 0) is 10.0 Å². The summed E-state index contributed by atoms with van der Waals surface area (Å²) in [5.41, 5.74) is 5.89. The predicted octanol–water partition coefficient (Wildman–Crippen LogP) is 0.179. The van der Waals surface area contributed by atoms with E-state index in [1.165, 1.54) is 6.20 Å². The van der Waals surface area contributed by atoms with Crippen molar-refractivity contribution in [2.24, 2.45) is 0 Å². The van der Waals surface area contributed by atoms with E-state index in [-0.39, 0.29) is 16.8 Å². The molecule has 2 saturated heterocycles. The molecular formula is C12H18N4O2S. The molecule has 3 heterocycles. The number of fused-ring (bicyclic) bond motifs is 1. The van der Waals surface area contributed by atoms with Crippen LogP contribution in [0.4, 0.5) is 5.69 Å². The topological polar surface area (TPSA) is 88.3 Å². The van der Waals surface area contributed by atoms with Crippen molar-refractivity contribution in [2.75, 3.05) is 18.8 Å². The van der Waals surface area contributed by atoms with Crippen LogP contribution in [0.25, 0.3) is 0 Å². The smallest absolute Gasteiger partial charge is 0.260 e. The highest BCUT2D eigenvalue weighted by Crippen LogP contribution is 2.29. The maximum absolute atomic E-state index is 12.3. The molecule has 2 fully saturated rings. The van der Waals surface area contributed by atoms with Gasteiger partial charge >= 0.3 is 0 Å². The number of anilines is 1. The zero-order chi connectivity index (χ0) is 13.5. The lowest BCUT2D eigenvalue weighted by Gasteiger charge is -2.21. The van der Waals surface area contributed by atoms with Gasteiger partial charge < -0.3 is 5.73 Å². The van der Waals surface area contributed by atoms with E-state index in [4.69, 9.17) is 5.73 Å². The minimum atomic E-state index is -3.63. The van der Waals surface area contributed by atoms with E-state index in [9.17, 15) is 8.42 Å². The zero-order valence-corrected chi connectivity index (χ0v) is 11.4. The Morgan fingerprint density at radius 2 is 2.21 bits per heavy atom. The molecule has 19 heavy (non-hydrogen) atoms. The number of pyridine rings is 1. The average Bonchev–Trinajstić information content (AvgIpc) is 2.94. The Bertz CT molecular complexity index is 575. The van der Waals surface area contributed by atoms with Crippen molar-refractivity contribution in [1.82, 2.24) is 14.6 Å². The van der Waals surface area contributed by atoms with Crippen molar-refractivity contribution in [1.29, 1.82) is 0 Å². The molecule has 2 aliphatic rings. The molecule has 0 bridgehead atoms. The fourth-order valence-corrected chi connectivity index (χ4v) is 4.47. The summed E-state index contributed by atoms with van der Waals surface area (Å²) in [6.45, 7) is 2.05. The Morgan fingerprint density at radius 1 is 1.37 bits per heavy atom. The van der Waals surface area contributed by atoms with Gasteiger partial charge in [0.2, 0.25) is 0 Å². The Hall–Kier alpha value is -1.18. The molecule has 1 aromatic rings. The lowest BCUT2D eigenvalue weighted by atomic mass is 10.1. The summed E-state index contributed by atoms with van der Waals surface area (Å²) < 4.78 is 27.4. The first-order valence-corrected chi connectivity index (χ1v) is 8.03. The van der Waals surface area contributed by atoms with Crippen LogP contribution in [0.3, 0.4) is 0 Å². The second kappa shape index (κ2) is 4.73. The summed E-state index contributed by atoms with van der Waals surface area (Å²) in [7, 11) is -3.63. The average molecular weight is 282 g/mol. The molecular weight excluding hydrogens is 264 g/mol. The molecule has 2 unspecified atom stereocenters. The van der Waals surface area contributed by atoms with Crippen LogP contribution in [-0.4, -0.2) is 43.5 Å². The number of nitrogens with two attached hydrogens (primary N) is 1. The predicted molar refractivity (Wildman–Crippen MR) is 72.0 cm³/mol. The van der Waals surface area contributed by atoms with Crippen molar-refractivity contribution >= 4 is 15.7 Å². The van der Waals surface area contributed by atoms with Crippen LogP contribution in [0, 0.1) is 0 Å². The number of rotatable bonds is 3. The number of sulfonamides is 1. The SMILES string of the molecule is Nc1cccnc1S(=O)(=O)NC1CCN2CCCC12. The Morgan fingerprint density at radius 3 is 3.00 bits per heavy atom. The molecule has 104 valence electrons. The van der Waals surface area contributed by atoms with E-state index in [0.29, 0.717) is 6.04 Å². The number of nitrogen functional groups attached to an aromatic ring is 1. The lowest BCUT2D eigenvalue weighted by molar-refractivity contribution is 0.309. The molecule has 0 saturated carbocycles. The molecule has 2 atom stereocenters. The fourth-order valence-electron chi connectivity index (χ4n) is 3.10. The zero-order valence-electron chi connectivity index (χ0n) is 10.6. The van der Waals surface area contributed by atoms with Gasteiger partial charge in [-0.3, -0.25) is 4.90 Å². The third-order valence-electron chi connectivity index (χ3n) is 3.97. The quantitative estimate of drug-likeness (QED) is 0.825. The molecule has 6 nitrogen and oxygen atoms in total. The van der Waals surface area contributed by atoms with Crippen LogP contribution in [0.1, 0.15) is 19.3 Å². The fraction of sp³-hybridized carbons (Fsp3) is 0.583. The first kappa shape index (κ1) is 12.8. The third kappa shape index (κ3) is 2.33. The van der Waals surface area contributed by atoms with Gasteiger partial charge in [-0.2, -0.15) is 0 Å². The van der Waals surface area contributed by atoms with Gasteiger partial charge in [-0.25, -0.2) is 18.1 Å². The number of aromatic nitrogens is 1.